The van der Waals surface area contributed by atoms with Gasteiger partial charge in [-0.05, 0) is 42.5 Å². The molecule has 27 heavy (non-hydrogen) atoms. The van der Waals surface area contributed by atoms with E-state index in [1.54, 1.807) is 4.90 Å². The smallest absolute Gasteiger partial charge is 0.318 e. The molecular formula is C21H23ClN2O3. The highest BCUT2D eigenvalue weighted by atomic mass is 35.5. The Hall–Kier alpha value is -2.53. The first-order valence-electron chi connectivity index (χ1n) is 9.11. The fraction of sp³-hybridized carbons (Fsp3) is 0.333. The maximum absolute atomic E-state index is 12.8. The Morgan fingerprint density at radius 1 is 1.15 bits per heavy atom. The van der Waals surface area contributed by atoms with Crippen molar-refractivity contribution in [1.29, 1.82) is 0 Å². The average Bonchev–Trinajstić information content (AvgIpc) is 2.61. The number of carbonyl (C=O) groups excluding carboxylic acids is 1. The van der Waals surface area contributed by atoms with Crippen LogP contribution in [-0.2, 0) is 11.2 Å². The molecule has 2 aromatic rings. The summed E-state index contributed by atoms with van der Waals surface area (Å²) in [6, 6.07) is 17.0. The molecule has 2 unspecified atom stereocenters. The third-order valence-corrected chi connectivity index (χ3v) is 5.15. The quantitative estimate of drug-likeness (QED) is 0.746. The van der Waals surface area contributed by atoms with Gasteiger partial charge in [0.1, 0.15) is 0 Å². The Morgan fingerprint density at radius 3 is 2.44 bits per heavy atom. The molecule has 5 nitrogen and oxygen atoms in total. The second kappa shape index (κ2) is 8.91. The number of halogens is 1. The highest BCUT2D eigenvalue weighted by molar-refractivity contribution is 6.30. The lowest BCUT2D eigenvalue weighted by Gasteiger charge is -2.42. The second-order valence-electron chi connectivity index (χ2n) is 6.82. The number of benzene rings is 2. The molecule has 2 aromatic carbocycles. The van der Waals surface area contributed by atoms with Crippen LogP contribution < -0.4 is 5.32 Å². The number of carboxylic acids is 1. The number of likely N-dealkylation sites (tertiary alicyclic amines) is 1. The van der Waals surface area contributed by atoms with E-state index in [-0.39, 0.29) is 24.5 Å². The Balaban J connectivity index is 1.64. The Bertz CT molecular complexity index is 780. The van der Waals surface area contributed by atoms with E-state index in [1.165, 1.54) is 0 Å². The molecule has 0 aliphatic carbocycles. The summed E-state index contributed by atoms with van der Waals surface area (Å²) >= 11 is 5.94. The second-order valence-corrected chi connectivity index (χ2v) is 7.25. The molecule has 142 valence electrons. The van der Waals surface area contributed by atoms with Crippen molar-refractivity contribution in [3.63, 3.8) is 0 Å². The third-order valence-electron chi connectivity index (χ3n) is 4.89. The predicted octanol–water partition coefficient (Wildman–Crippen LogP) is 4.27. The summed E-state index contributed by atoms with van der Waals surface area (Å²) in [6.07, 6.45) is 1.95. The Labute approximate surface area is 163 Å². The normalized spacial score (nSPS) is 17.1. The van der Waals surface area contributed by atoms with Gasteiger partial charge in [0, 0.05) is 24.0 Å². The molecule has 1 aliphatic heterocycles. The van der Waals surface area contributed by atoms with Crippen LogP contribution in [0.3, 0.4) is 0 Å². The summed E-state index contributed by atoms with van der Waals surface area (Å²) in [6.45, 7) is 0.691. The van der Waals surface area contributed by atoms with E-state index in [0.29, 0.717) is 24.4 Å². The van der Waals surface area contributed by atoms with Gasteiger partial charge in [-0.2, -0.15) is 0 Å². The summed E-state index contributed by atoms with van der Waals surface area (Å²) < 4.78 is 0. The summed E-state index contributed by atoms with van der Waals surface area (Å²) in [5.74, 6) is -0.856. The maximum Gasteiger partial charge on any atom is 0.318 e. The average molecular weight is 387 g/mol. The van der Waals surface area contributed by atoms with Crippen LogP contribution in [0, 0.1) is 0 Å². The summed E-state index contributed by atoms with van der Waals surface area (Å²) in [7, 11) is 0. The number of carbonyl (C=O) groups is 2. The summed E-state index contributed by atoms with van der Waals surface area (Å²) in [5, 5.41) is 12.7. The van der Waals surface area contributed by atoms with Crippen molar-refractivity contribution in [1.82, 2.24) is 10.2 Å². The minimum absolute atomic E-state index is 0.0262. The number of hydrogen-bond acceptors (Lipinski definition) is 2. The maximum atomic E-state index is 12.8. The van der Waals surface area contributed by atoms with Crippen molar-refractivity contribution in [3.8, 4) is 0 Å². The first kappa shape index (κ1) is 19.2. The molecule has 1 saturated heterocycles. The van der Waals surface area contributed by atoms with Crippen LogP contribution in [0.4, 0.5) is 4.79 Å². The monoisotopic (exact) mass is 386 g/mol. The van der Waals surface area contributed by atoms with E-state index in [4.69, 9.17) is 16.7 Å². The van der Waals surface area contributed by atoms with E-state index in [0.717, 1.165) is 17.5 Å². The molecule has 2 N–H and O–H groups in total. The highest BCUT2D eigenvalue weighted by Crippen LogP contribution is 2.33. The van der Waals surface area contributed by atoms with Crippen LogP contribution in [0.2, 0.25) is 5.02 Å². The van der Waals surface area contributed by atoms with Gasteiger partial charge in [0.15, 0.2) is 0 Å². The molecule has 2 amide bonds. The van der Waals surface area contributed by atoms with Gasteiger partial charge in [0.2, 0.25) is 0 Å². The number of hydrogen-bond donors (Lipinski definition) is 2. The SMILES string of the molecule is O=C(O)CCC(Cc1ccccc1)NC(=O)N1CCC1c1ccc(Cl)cc1. The van der Waals surface area contributed by atoms with E-state index in [1.807, 2.05) is 54.6 Å². The molecule has 3 rings (SSSR count). The zero-order chi connectivity index (χ0) is 19.2. The summed E-state index contributed by atoms with van der Waals surface area (Å²) in [5.41, 5.74) is 2.14. The van der Waals surface area contributed by atoms with Gasteiger partial charge in [-0.15, -0.1) is 0 Å². The van der Waals surface area contributed by atoms with Gasteiger partial charge < -0.3 is 15.3 Å². The minimum Gasteiger partial charge on any atom is -0.481 e. The van der Waals surface area contributed by atoms with Crippen molar-refractivity contribution in [3.05, 3.63) is 70.7 Å². The lowest BCUT2D eigenvalue weighted by Crippen LogP contribution is -2.52. The van der Waals surface area contributed by atoms with Crippen molar-refractivity contribution in [2.24, 2.45) is 0 Å². The Morgan fingerprint density at radius 2 is 1.85 bits per heavy atom. The van der Waals surface area contributed by atoms with Gasteiger partial charge >= 0.3 is 12.0 Å². The molecule has 1 aliphatic rings. The molecule has 0 spiro atoms. The molecule has 0 aromatic heterocycles. The standard InChI is InChI=1S/C21H23ClN2O3/c22-17-8-6-16(7-9-17)19-12-13-24(19)21(27)23-18(10-11-20(25)26)14-15-4-2-1-3-5-15/h1-9,18-19H,10-14H2,(H,23,27)(H,25,26). The number of urea groups is 1. The first-order chi connectivity index (χ1) is 13.0. The zero-order valence-electron chi connectivity index (χ0n) is 15.0. The molecule has 1 heterocycles. The van der Waals surface area contributed by atoms with Crippen molar-refractivity contribution < 1.29 is 14.7 Å². The van der Waals surface area contributed by atoms with Crippen LogP contribution in [0.1, 0.15) is 36.4 Å². The van der Waals surface area contributed by atoms with Gasteiger partial charge in [-0.3, -0.25) is 4.79 Å². The number of nitrogens with one attached hydrogen (secondary N) is 1. The van der Waals surface area contributed by atoms with Gasteiger partial charge in [0.05, 0.1) is 6.04 Å². The largest absolute Gasteiger partial charge is 0.481 e. The van der Waals surface area contributed by atoms with Gasteiger partial charge in [-0.1, -0.05) is 54.1 Å². The molecular weight excluding hydrogens is 364 g/mol. The number of aliphatic carboxylic acids is 1. The first-order valence-corrected chi connectivity index (χ1v) is 9.49. The predicted molar refractivity (Wildman–Crippen MR) is 105 cm³/mol. The van der Waals surface area contributed by atoms with E-state index in [2.05, 4.69) is 5.32 Å². The fourth-order valence-corrected chi connectivity index (χ4v) is 3.47. The third kappa shape index (κ3) is 5.23. The fourth-order valence-electron chi connectivity index (χ4n) is 3.34. The van der Waals surface area contributed by atoms with Crippen LogP contribution in [0.15, 0.2) is 54.6 Å². The Kier molecular flexibility index (Phi) is 6.35. The van der Waals surface area contributed by atoms with Gasteiger partial charge in [0.25, 0.3) is 0 Å². The van der Waals surface area contributed by atoms with Crippen molar-refractivity contribution in [2.45, 2.75) is 37.8 Å². The molecule has 0 radical (unpaired) electrons. The number of rotatable bonds is 7. The lowest BCUT2D eigenvalue weighted by molar-refractivity contribution is -0.137. The van der Waals surface area contributed by atoms with Crippen LogP contribution in [-0.4, -0.2) is 34.6 Å². The van der Waals surface area contributed by atoms with Crippen LogP contribution in [0.25, 0.3) is 0 Å². The zero-order valence-corrected chi connectivity index (χ0v) is 15.7. The van der Waals surface area contributed by atoms with E-state index >= 15 is 0 Å². The number of carboxylic acid groups (broad SMARTS) is 1. The number of amides is 2. The van der Waals surface area contributed by atoms with Crippen molar-refractivity contribution in [2.75, 3.05) is 6.54 Å². The minimum atomic E-state index is -0.856. The van der Waals surface area contributed by atoms with E-state index in [9.17, 15) is 9.59 Å². The lowest BCUT2D eigenvalue weighted by atomic mass is 9.95. The molecule has 1 fully saturated rings. The van der Waals surface area contributed by atoms with Crippen LogP contribution >= 0.6 is 11.6 Å². The van der Waals surface area contributed by atoms with Crippen molar-refractivity contribution >= 4 is 23.6 Å². The molecule has 2 atom stereocenters. The summed E-state index contributed by atoms with van der Waals surface area (Å²) in [4.78, 5) is 25.5. The van der Waals surface area contributed by atoms with E-state index < -0.39 is 5.97 Å². The number of nitrogens with zero attached hydrogens (tertiary/aromatic N) is 1. The highest BCUT2D eigenvalue weighted by Gasteiger charge is 2.34. The topological polar surface area (TPSA) is 69.6 Å². The van der Waals surface area contributed by atoms with Gasteiger partial charge in [-0.25, -0.2) is 4.79 Å². The molecule has 0 bridgehead atoms. The molecule has 0 saturated carbocycles. The van der Waals surface area contributed by atoms with Crippen LogP contribution in [0.5, 0.6) is 0 Å². The molecule has 6 heteroatoms.